The lowest BCUT2D eigenvalue weighted by Gasteiger charge is -2.30. The van der Waals surface area contributed by atoms with Crippen molar-refractivity contribution >= 4 is 21.8 Å². The molecule has 3 aromatic rings. The van der Waals surface area contributed by atoms with Gasteiger partial charge in [-0.2, -0.15) is 4.98 Å². The Morgan fingerprint density at radius 1 is 1.14 bits per heavy atom. The second-order valence-electron chi connectivity index (χ2n) is 7.23. The van der Waals surface area contributed by atoms with Crippen LogP contribution in [0, 0.1) is 6.92 Å². The van der Waals surface area contributed by atoms with E-state index in [0.717, 1.165) is 52.9 Å². The van der Waals surface area contributed by atoms with Crippen molar-refractivity contribution in [1.29, 1.82) is 0 Å². The number of halogens is 1. The first-order valence-electron chi connectivity index (χ1n) is 9.52. The van der Waals surface area contributed by atoms with Gasteiger partial charge in [-0.1, -0.05) is 51.4 Å². The molecule has 1 amide bonds. The molecule has 2 heterocycles. The Hall–Kier alpha value is -2.47. The highest BCUT2D eigenvalue weighted by molar-refractivity contribution is 9.10. The molecule has 0 N–H and O–H groups in total. The number of rotatable bonds is 4. The van der Waals surface area contributed by atoms with Crippen LogP contribution in [-0.2, 0) is 11.2 Å². The summed E-state index contributed by atoms with van der Waals surface area (Å²) < 4.78 is 6.53. The van der Waals surface area contributed by atoms with Gasteiger partial charge in [-0.05, 0) is 49.1 Å². The second kappa shape index (κ2) is 8.27. The van der Waals surface area contributed by atoms with Crippen molar-refractivity contribution in [3.63, 3.8) is 0 Å². The molecule has 2 aromatic carbocycles. The Morgan fingerprint density at radius 2 is 1.86 bits per heavy atom. The van der Waals surface area contributed by atoms with Crippen molar-refractivity contribution in [2.45, 2.75) is 32.1 Å². The Balaban J connectivity index is 1.36. The van der Waals surface area contributed by atoms with E-state index in [2.05, 4.69) is 26.1 Å². The Kier molecular flexibility index (Phi) is 5.57. The largest absolute Gasteiger partial charge is 0.342 e. The summed E-state index contributed by atoms with van der Waals surface area (Å²) in [6, 6.07) is 15.9. The molecular formula is C22H22BrN3O2. The number of amides is 1. The zero-order valence-corrected chi connectivity index (χ0v) is 17.4. The smallest absolute Gasteiger partial charge is 0.258 e. The van der Waals surface area contributed by atoms with Gasteiger partial charge >= 0.3 is 0 Å². The van der Waals surface area contributed by atoms with Gasteiger partial charge in [0.05, 0.1) is 6.42 Å². The van der Waals surface area contributed by atoms with Crippen molar-refractivity contribution in [1.82, 2.24) is 15.0 Å². The topological polar surface area (TPSA) is 59.2 Å². The van der Waals surface area contributed by atoms with Gasteiger partial charge in [0.2, 0.25) is 5.91 Å². The van der Waals surface area contributed by atoms with Crippen molar-refractivity contribution < 1.29 is 9.32 Å². The van der Waals surface area contributed by atoms with Gasteiger partial charge in [-0.3, -0.25) is 4.79 Å². The summed E-state index contributed by atoms with van der Waals surface area (Å²) >= 11 is 3.42. The highest BCUT2D eigenvalue weighted by atomic mass is 79.9. The molecule has 0 bridgehead atoms. The Morgan fingerprint density at radius 3 is 2.57 bits per heavy atom. The molecule has 1 aliphatic heterocycles. The van der Waals surface area contributed by atoms with Crippen molar-refractivity contribution in [2.75, 3.05) is 13.1 Å². The third kappa shape index (κ3) is 4.17. The average Bonchev–Trinajstić information content (AvgIpc) is 3.20. The van der Waals surface area contributed by atoms with Crippen molar-refractivity contribution in [3.8, 4) is 11.5 Å². The minimum Gasteiger partial charge on any atom is -0.342 e. The Labute approximate surface area is 172 Å². The zero-order chi connectivity index (χ0) is 19.5. The van der Waals surface area contributed by atoms with Gasteiger partial charge in [0, 0.05) is 29.0 Å². The number of piperidine rings is 1. The molecule has 1 fully saturated rings. The van der Waals surface area contributed by atoms with Gasteiger partial charge in [-0.25, -0.2) is 0 Å². The molecule has 1 aromatic heterocycles. The van der Waals surface area contributed by atoms with Crippen LogP contribution in [0.5, 0.6) is 0 Å². The minimum atomic E-state index is 0.175. The van der Waals surface area contributed by atoms with Gasteiger partial charge in [-0.15, -0.1) is 0 Å². The molecule has 28 heavy (non-hydrogen) atoms. The highest BCUT2D eigenvalue weighted by Crippen LogP contribution is 2.29. The first-order valence-corrected chi connectivity index (χ1v) is 10.3. The zero-order valence-electron chi connectivity index (χ0n) is 15.8. The maximum atomic E-state index is 12.6. The van der Waals surface area contributed by atoms with Crippen LogP contribution < -0.4 is 0 Å². The summed E-state index contributed by atoms with van der Waals surface area (Å²) in [7, 11) is 0. The Bertz CT molecular complexity index is 960. The average molecular weight is 440 g/mol. The summed E-state index contributed by atoms with van der Waals surface area (Å²) in [5, 5.41) is 4.21. The van der Waals surface area contributed by atoms with Crippen molar-refractivity contribution in [2.24, 2.45) is 0 Å². The van der Waals surface area contributed by atoms with Gasteiger partial charge in [0.1, 0.15) is 0 Å². The first-order chi connectivity index (χ1) is 13.6. The van der Waals surface area contributed by atoms with E-state index < -0.39 is 0 Å². The fourth-order valence-corrected chi connectivity index (χ4v) is 3.86. The number of hydrogen-bond acceptors (Lipinski definition) is 4. The molecule has 0 spiro atoms. The predicted octanol–water partition coefficient (Wildman–Crippen LogP) is 4.76. The van der Waals surface area contributed by atoms with E-state index in [9.17, 15) is 4.79 Å². The molecular weight excluding hydrogens is 418 g/mol. The molecule has 1 aliphatic rings. The summed E-state index contributed by atoms with van der Waals surface area (Å²) in [5.41, 5.74) is 3.13. The quantitative estimate of drug-likeness (QED) is 0.587. The van der Waals surface area contributed by atoms with Crippen LogP contribution in [0.25, 0.3) is 11.5 Å². The summed E-state index contributed by atoms with van der Waals surface area (Å²) in [5.74, 6) is 1.73. The standard InChI is InChI=1S/C22H22BrN3O2/c1-15-4-2-3-5-19(15)22-24-21(25-28-22)17-10-12-26(13-11-17)20(27)14-16-6-8-18(23)9-7-16/h2-9,17H,10-14H2,1H3. The summed E-state index contributed by atoms with van der Waals surface area (Å²) in [6.07, 6.45) is 2.16. The number of aromatic nitrogens is 2. The molecule has 6 heteroatoms. The van der Waals surface area contributed by atoms with E-state index in [0.29, 0.717) is 12.3 Å². The molecule has 0 radical (unpaired) electrons. The van der Waals surface area contributed by atoms with E-state index in [1.807, 2.05) is 60.4 Å². The lowest BCUT2D eigenvalue weighted by Crippen LogP contribution is -2.39. The van der Waals surface area contributed by atoms with E-state index in [1.165, 1.54) is 0 Å². The third-order valence-electron chi connectivity index (χ3n) is 5.30. The molecule has 0 saturated carbocycles. The van der Waals surface area contributed by atoms with Crippen LogP contribution in [0.3, 0.4) is 0 Å². The van der Waals surface area contributed by atoms with Gasteiger partial charge in [0.25, 0.3) is 5.89 Å². The van der Waals surface area contributed by atoms with E-state index in [-0.39, 0.29) is 11.8 Å². The number of benzene rings is 2. The SMILES string of the molecule is Cc1ccccc1-c1nc(C2CCN(C(=O)Cc3ccc(Br)cc3)CC2)no1. The lowest BCUT2D eigenvalue weighted by atomic mass is 9.95. The lowest BCUT2D eigenvalue weighted by molar-refractivity contribution is -0.131. The van der Waals surface area contributed by atoms with Crippen LogP contribution in [0.15, 0.2) is 57.5 Å². The number of aryl methyl sites for hydroxylation is 1. The van der Waals surface area contributed by atoms with Gasteiger partial charge in [0.15, 0.2) is 5.82 Å². The highest BCUT2D eigenvalue weighted by Gasteiger charge is 2.27. The molecule has 1 saturated heterocycles. The van der Waals surface area contributed by atoms with Crippen LogP contribution in [0.2, 0.25) is 0 Å². The van der Waals surface area contributed by atoms with E-state index >= 15 is 0 Å². The number of carbonyl (C=O) groups excluding carboxylic acids is 1. The first kappa shape index (κ1) is 18.9. The van der Waals surface area contributed by atoms with E-state index in [1.54, 1.807) is 0 Å². The maximum absolute atomic E-state index is 12.6. The van der Waals surface area contributed by atoms with E-state index in [4.69, 9.17) is 4.52 Å². The predicted molar refractivity (Wildman–Crippen MR) is 111 cm³/mol. The molecule has 0 aliphatic carbocycles. The van der Waals surface area contributed by atoms with Gasteiger partial charge < -0.3 is 9.42 Å². The van der Waals surface area contributed by atoms with Crippen LogP contribution in [0.1, 0.15) is 35.7 Å². The summed E-state index contributed by atoms with van der Waals surface area (Å²) in [4.78, 5) is 19.2. The number of hydrogen-bond donors (Lipinski definition) is 0. The number of carbonyl (C=O) groups is 1. The monoisotopic (exact) mass is 439 g/mol. The fourth-order valence-electron chi connectivity index (χ4n) is 3.60. The minimum absolute atomic E-state index is 0.175. The summed E-state index contributed by atoms with van der Waals surface area (Å²) in [6.45, 7) is 3.50. The maximum Gasteiger partial charge on any atom is 0.258 e. The number of likely N-dealkylation sites (tertiary alicyclic amines) is 1. The van der Waals surface area contributed by atoms with Crippen LogP contribution in [0.4, 0.5) is 0 Å². The van der Waals surface area contributed by atoms with Crippen LogP contribution in [-0.4, -0.2) is 34.0 Å². The molecule has 0 atom stereocenters. The molecule has 0 unspecified atom stereocenters. The van der Waals surface area contributed by atoms with Crippen molar-refractivity contribution in [3.05, 3.63) is 70.0 Å². The van der Waals surface area contributed by atoms with Crippen LogP contribution >= 0.6 is 15.9 Å². The molecule has 144 valence electrons. The number of nitrogens with zero attached hydrogens (tertiary/aromatic N) is 3. The molecule has 4 rings (SSSR count). The third-order valence-corrected chi connectivity index (χ3v) is 5.83. The normalized spacial score (nSPS) is 15.0. The second-order valence-corrected chi connectivity index (χ2v) is 8.15. The fraction of sp³-hybridized carbons (Fsp3) is 0.318. The molecule has 5 nitrogen and oxygen atoms in total.